The molecule has 0 aliphatic carbocycles. The second-order valence-electron chi connectivity index (χ2n) is 3.44. The SMILES string of the molecule is NC(CSCCOc1ccc(Cl)cc1Br)C(=O)O. The molecule has 4 nitrogen and oxygen atoms in total. The molecule has 0 aliphatic heterocycles. The third kappa shape index (κ3) is 5.48. The fraction of sp³-hybridized carbons (Fsp3) is 0.364. The van der Waals surface area contributed by atoms with Gasteiger partial charge in [-0.3, -0.25) is 4.79 Å². The fourth-order valence-corrected chi connectivity index (χ4v) is 2.65. The summed E-state index contributed by atoms with van der Waals surface area (Å²) in [6.45, 7) is 0.483. The third-order valence-corrected chi connectivity index (χ3v) is 3.90. The van der Waals surface area contributed by atoms with Gasteiger partial charge in [0.15, 0.2) is 0 Å². The first-order valence-corrected chi connectivity index (χ1v) is 7.47. The van der Waals surface area contributed by atoms with Gasteiger partial charge in [-0.05, 0) is 34.1 Å². The predicted molar refractivity (Wildman–Crippen MR) is 77.6 cm³/mol. The maximum atomic E-state index is 10.5. The Labute approximate surface area is 123 Å². The molecule has 0 fully saturated rings. The summed E-state index contributed by atoms with van der Waals surface area (Å²) < 4.78 is 6.31. The number of ether oxygens (including phenoxy) is 1. The number of halogens is 2. The predicted octanol–water partition coefficient (Wildman–Crippen LogP) is 2.63. The summed E-state index contributed by atoms with van der Waals surface area (Å²) in [5.41, 5.74) is 5.37. The largest absolute Gasteiger partial charge is 0.492 e. The molecule has 0 heterocycles. The van der Waals surface area contributed by atoms with Gasteiger partial charge in [0.2, 0.25) is 0 Å². The number of aliphatic carboxylic acids is 1. The first-order valence-electron chi connectivity index (χ1n) is 5.14. The Morgan fingerprint density at radius 2 is 2.33 bits per heavy atom. The van der Waals surface area contributed by atoms with Crippen LogP contribution in [0.5, 0.6) is 5.75 Å². The first kappa shape index (κ1) is 15.6. The van der Waals surface area contributed by atoms with E-state index in [0.717, 1.165) is 4.47 Å². The van der Waals surface area contributed by atoms with Gasteiger partial charge < -0.3 is 15.6 Å². The van der Waals surface area contributed by atoms with E-state index < -0.39 is 12.0 Å². The highest BCUT2D eigenvalue weighted by atomic mass is 79.9. The van der Waals surface area contributed by atoms with E-state index in [-0.39, 0.29) is 0 Å². The standard InChI is InChI=1S/C11H13BrClNO3S/c12-8-5-7(13)1-2-10(8)17-3-4-18-6-9(14)11(15)16/h1-2,5,9H,3-4,6,14H2,(H,15,16). The molecule has 0 amide bonds. The molecule has 1 aromatic rings. The highest BCUT2D eigenvalue weighted by Crippen LogP contribution is 2.27. The van der Waals surface area contributed by atoms with Crippen molar-refractivity contribution < 1.29 is 14.6 Å². The average Bonchev–Trinajstić information content (AvgIpc) is 2.30. The van der Waals surface area contributed by atoms with Crippen molar-refractivity contribution in [3.8, 4) is 5.75 Å². The molecule has 1 rings (SSSR count). The van der Waals surface area contributed by atoms with Gasteiger partial charge >= 0.3 is 5.97 Å². The lowest BCUT2D eigenvalue weighted by molar-refractivity contribution is -0.137. The highest BCUT2D eigenvalue weighted by molar-refractivity contribution is 9.10. The topological polar surface area (TPSA) is 72.5 Å². The maximum Gasteiger partial charge on any atom is 0.321 e. The first-order chi connectivity index (χ1) is 8.50. The van der Waals surface area contributed by atoms with E-state index in [2.05, 4.69) is 15.9 Å². The Hall–Kier alpha value is -0.430. The zero-order valence-corrected chi connectivity index (χ0v) is 12.6. The lowest BCUT2D eigenvalue weighted by Crippen LogP contribution is -2.32. The van der Waals surface area contributed by atoms with Crippen LogP contribution in [-0.4, -0.2) is 35.2 Å². The molecular formula is C11H13BrClNO3S. The molecule has 0 radical (unpaired) electrons. The number of hydrogen-bond donors (Lipinski definition) is 2. The van der Waals surface area contributed by atoms with E-state index in [1.54, 1.807) is 18.2 Å². The molecule has 0 spiro atoms. The fourth-order valence-electron chi connectivity index (χ4n) is 1.08. The summed E-state index contributed by atoms with van der Waals surface area (Å²) in [6, 6.07) is 4.46. The number of benzene rings is 1. The van der Waals surface area contributed by atoms with Crippen molar-refractivity contribution in [1.82, 2.24) is 0 Å². The van der Waals surface area contributed by atoms with Crippen LogP contribution in [0.1, 0.15) is 0 Å². The number of hydrogen-bond acceptors (Lipinski definition) is 4. The van der Waals surface area contributed by atoms with Gasteiger partial charge in [-0.15, -0.1) is 0 Å². The summed E-state index contributed by atoms with van der Waals surface area (Å²) in [7, 11) is 0. The van der Waals surface area contributed by atoms with Crippen LogP contribution in [0, 0.1) is 0 Å². The number of nitrogens with two attached hydrogens (primary N) is 1. The molecule has 18 heavy (non-hydrogen) atoms. The summed E-state index contributed by atoms with van der Waals surface area (Å²) in [5, 5.41) is 9.23. The zero-order chi connectivity index (χ0) is 13.5. The quantitative estimate of drug-likeness (QED) is 0.736. The van der Waals surface area contributed by atoms with E-state index in [4.69, 9.17) is 27.2 Å². The number of thioether (sulfide) groups is 1. The van der Waals surface area contributed by atoms with Crippen LogP contribution < -0.4 is 10.5 Å². The van der Waals surface area contributed by atoms with Crippen molar-refractivity contribution in [2.45, 2.75) is 6.04 Å². The van der Waals surface area contributed by atoms with Crippen LogP contribution in [0.3, 0.4) is 0 Å². The van der Waals surface area contributed by atoms with Gasteiger partial charge in [-0.2, -0.15) is 11.8 Å². The van der Waals surface area contributed by atoms with Crippen LogP contribution in [0.2, 0.25) is 5.02 Å². The van der Waals surface area contributed by atoms with Gasteiger partial charge in [0.1, 0.15) is 11.8 Å². The minimum Gasteiger partial charge on any atom is -0.492 e. The summed E-state index contributed by atoms with van der Waals surface area (Å²) in [6.07, 6.45) is 0. The Morgan fingerprint density at radius 1 is 1.61 bits per heavy atom. The van der Waals surface area contributed by atoms with Gasteiger partial charge in [0.05, 0.1) is 11.1 Å². The van der Waals surface area contributed by atoms with Crippen LogP contribution in [0.4, 0.5) is 0 Å². The Morgan fingerprint density at radius 3 is 2.94 bits per heavy atom. The van der Waals surface area contributed by atoms with Gasteiger partial charge in [-0.25, -0.2) is 0 Å². The van der Waals surface area contributed by atoms with Crippen molar-refractivity contribution in [3.05, 3.63) is 27.7 Å². The average molecular weight is 355 g/mol. The Balaban J connectivity index is 2.24. The van der Waals surface area contributed by atoms with Gasteiger partial charge in [0, 0.05) is 16.5 Å². The van der Waals surface area contributed by atoms with E-state index in [1.165, 1.54) is 11.8 Å². The Bertz CT molecular complexity index is 419. The molecule has 0 bridgehead atoms. The molecular weight excluding hydrogens is 342 g/mol. The minimum atomic E-state index is -0.983. The molecule has 0 aromatic heterocycles. The van der Waals surface area contributed by atoms with Gasteiger partial charge in [0.25, 0.3) is 0 Å². The molecule has 100 valence electrons. The maximum absolute atomic E-state index is 10.5. The van der Waals surface area contributed by atoms with Crippen LogP contribution in [-0.2, 0) is 4.79 Å². The van der Waals surface area contributed by atoms with E-state index in [1.807, 2.05) is 0 Å². The van der Waals surface area contributed by atoms with Crippen LogP contribution >= 0.6 is 39.3 Å². The van der Waals surface area contributed by atoms with Crippen molar-refractivity contribution >= 4 is 45.3 Å². The number of carboxylic acid groups (broad SMARTS) is 1. The molecule has 0 saturated heterocycles. The minimum absolute atomic E-state index is 0.375. The van der Waals surface area contributed by atoms with E-state index in [0.29, 0.717) is 28.9 Å². The van der Waals surface area contributed by atoms with Crippen molar-refractivity contribution in [2.75, 3.05) is 18.1 Å². The second-order valence-corrected chi connectivity index (χ2v) is 5.88. The molecule has 7 heteroatoms. The van der Waals surface area contributed by atoms with E-state index >= 15 is 0 Å². The molecule has 0 aliphatic rings. The number of rotatable bonds is 7. The van der Waals surface area contributed by atoms with E-state index in [9.17, 15) is 4.79 Å². The van der Waals surface area contributed by atoms with Gasteiger partial charge in [-0.1, -0.05) is 11.6 Å². The smallest absolute Gasteiger partial charge is 0.321 e. The molecule has 1 aromatic carbocycles. The van der Waals surface area contributed by atoms with Crippen LogP contribution in [0.25, 0.3) is 0 Å². The summed E-state index contributed by atoms with van der Waals surface area (Å²) >= 11 is 10.6. The zero-order valence-electron chi connectivity index (χ0n) is 9.44. The second kappa shape index (κ2) is 7.89. The lowest BCUT2D eigenvalue weighted by Gasteiger charge is -2.09. The lowest BCUT2D eigenvalue weighted by atomic mass is 10.3. The Kier molecular flexibility index (Phi) is 6.85. The molecule has 1 atom stereocenters. The normalized spacial score (nSPS) is 12.2. The van der Waals surface area contributed by atoms with Crippen LogP contribution in [0.15, 0.2) is 22.7 Å². The van der Waals surface area contributed by atoms with Crippen molar-refractivity contribution in [3.63, 3.8) is 0 Å². The monoisotopic (exact) mass is 353 g/mol. The number of carbonyl (C=O) groups is 1. The van der Waals surface area contributed by atoms with Crippen molar-refractivity contribution in [1.29, 1.82) is 0 Å². The van der Waals surface area contributed by atoms with Crippen molar-refractivity contribution in [2.24, 2.45) is 5.73 Å². The summed E-state index contributed by atoms with van der Waals surface area (Å²) in [4.78, 5) is 10.5. The molecule has 1 unspecified atom stereocenters. The third-order valence-electron chi connectivity index (χ3n) is 1.99. The summed E-state index contributed by atoms with van der Waals surface area (Å²) in [5.74, 6) is 0.780. The molecule has 0 saturated carbocycles. The highest BCUT2D eigenvalue weighted by Gasteiger charge is 2.10. The number of carboxylic acids is 1. The molecule has 3 N–H and O–H groups in total.